The maximum atomic E-state index is 12.6. The molecule has 158 valence electrons. The number of hydrogen-bond acceptors (Lipinski definition) is 4. The van der Waals surface area contributed by atoms with Crippen LogP contribution in [0.3, 0.4) is 0 Å². The summed E-state index contributed by atoms with van der Waals surface area (Å²) in [6.07, 6.45) is 2.17. The number of carbonyl (C=O) groups is 1. The molecule has 0 saturated heterocycles. The van der Waals surface area contributed by atoms with Crippen molar-refractivity contribution >= 4 is 34.3 Å². The van der Waals surface area contributed by atoms with Crippen LogP contribution in [0.5, 0.6) is 5.75 Å². The van der Waals surface area contributed by atoms with Gasteiger partial charge >= 0.3 is 6.55 Å². The summed E-state index contributed by atoms with van der Waals surface area (Å²) in [6.45, 7) is -2.94. The molecule has 0 fully saturated rings. The van der Waals surface area contributed by atoms with E-state index in [1.54, 1.807) is 30.3 Å². The van der Waals surface area contributed by atoms with E-state index >= 15 is 0 Å². The number of anilines is 1. The zero-order chi connectivity index (χ0) is 21.7. The molecule has 1 atom stereocenters. The van der Waals surface area contributed by atoms with Crippen LogP contribution in [-0.2, 0) is 28.9 Å². The Labute approximate surface area is 177 Å². The van der Waals surface area contributed by atoms with Crippen LogP contribution in [0.25, 0.3) is 0 Å². The highest BCUT2D eigenvalue weighted by Gasteiger charge is 2.14. The van der Waals surface area contributed by atoms with E-state index in [-0.39, 0.29) is 29.6 Å². The number of amides is 1. The lowest BCUT2D eigenvalue weighted by atomic mass is 10.1. The van der Waals surface area contributed by atoms with Gasteiger partial charge in [-0.3, -0.25) is 4.79 Å². The Hall–Kier alpha value is -2.82. The highest BCUT2D eigenvalue weighted by Crippen LogP contribution is 2.23. The Morgan fingerprint density at radius 2 is 2.03 bits per heavy atom. The molecule has 3 rings (SSSR count). The zero-order valence-corrected chi connectivity index (χ0v) is 16.9. The standard InChI is InChI=1S/C19H16ClF2N3O4S/c20-16-4-2-1-3-12(16)7-18(26)24-14-6-5-13(17(8-14)30(27)28)11-29-15-9-23-25(10-15)19(21)22/h1-6,8-10,19H,7,11H2,(H,24,26)(H,27,28). The Morgan fingerprint density at radius 1 is 1.27 bits per heavy atom. The van der Waals surface area contributed by atoms with Crippen LogP contribution in [0.2, 0.25) is 5.02 Å². The van der Waals surface area contributed by atoms with E-state index in [0.29, 0.717) is 26.5 Å². The molecule has 0 saturated carbocycles. The van der Waals surface area contributed by atoms with E-state index in [0.717, 1.165) is 12.4 Å². The van der Waals surface area contributed by atoms with Gasteiger partial charge in [-0.05, 0) is 23.8 Å². The molecule has 0 aliphatic rings. The van der Waals surface area contributed by atoms with Gasteiger partial charge in [0.15, 0.2) is 16.8 Å². The van der Waals surface area contributed by atoms with Crippen molar-refractivity contribution in [1.82, 2.24) is 9.78 Å². The SMILES string of the molecule is O=C(Cc1ccccc1Cl)Nc1ccc(COc2cnn(C(F)F)c2)c(S(=O)O)c1. The van der Waals surface area contributed by atoms with E-state index in [9.17, 15) is 22.3 Å². The minimum absolute atomic E-state index is 0.0202. The molecule has 0 aliphatic heterocycles. The first-order chi connectivity index (χ1) is 14.3. The van der Waals surface area contributed by atoms with Gasteiger partial charge < -0.3 is 14.6 Å². The van der Waals surface area contributed by atoms with Crippen LogP contribution in [0, 0.1) is 0 Å². The van der Waals surface area contributed by atoms with Crippen molar-refractivity contribution in [3.05, 3.63) is 71.0 Å². The number of benzene rings is 2. The maximum Gasteiger partial charge on any atom is 0.333 e. The van der Waals surface area contributed by atoms with Crippen molar-refractivity contribution in [3.8, 4) is 5.75 Å². The van der Waals surface area contributed by atoms with Gasteiger partial charge in [0.1, 0.15) is 6.61 Å². The number of ether oxygens (including phenoxy) is 1. The molecule has 7 nitrogen and oxygen atoms in total. The third kappa shape index (κ3) is 5.62. The second kappa shape index (κ2) is 9.79. The summed E-state index contributed by atoms with van der Waals surface area (Å²) in [5, 5.41) is 6.56. The Bertz CT molecular complexity index is 1080. The van der Waals surface area contributed by atoms with Crippen LogP contribution < -0.4 is 10.1 Å². The van der Waals surface area contributed by atoms with Crippen LogP contribution in [0.4, 0.5) is 14.5 Å². The van der Waals surface area contributed by atoms with E-state index in [4.69, 9.17) is 16.3 Å². The van der Waals surface area contributed by atoms with Gasteiger partial charge in [-0.15, -0.1) is 0 Å². The topological polar surface area (TPSA) is 93.5 Å². The molecule has 0 bridgehead atoms. The summed E-state index contributed by atoms with van der Waals surface area (Å²) >= 11 is 3.69. The molecule has 1 amide bonds. The quantitative estimate of drug-likeness (QED) is 0.495. The smallest absolute Gasteiger partial charge is 0.333 e. The third-order valence-corrected chi connectivity index (χ3v) is 5.15. The minimum Gasteiger partial charge on any atom is -0.486 e. The summed E-state index contributed by atoms with van der Waals surface area (Å²) in [5.74, 6) is -0.261. The largest absolute Gasteiger partial charge is 0.486 e. The average molecular weight is 456 g/mol. The fourth-order valence-electron chi connectivity index (χ4n) is 2.60. The lowest BCUT2D eigenvalue weighted by Gasteiger charge is -2.11. The Morgan fingerprint density at radius 3 is 2.70 bits per heavy atom. The molecule has 0 aliphatic carbocycles. The molecular formula is C19H16ClF2N3O4S. The van der Waals surface area contributed by atoms with Crippen LogP contribution >= 0.6 is 11.6 Å². The molecule has 30 heavy (non-hydrogen) atoms. The van der Waals surface area contributed by atoms with Gasteiger partial charge in [0.05, 0.1) is 23.7 Å². The van der Waals surface area contributed by atoms with E-state index in [1.165, 1.54) is 12.1 Å². The lowest BCUT2D eigenvalue weighted by Crippen LogP contribution is -2.15. The number of aromatic nitrogens is 2. The average Bonchev–Trinajstić information content (AvgIpc) is 3.18. The lowest BCUT2D eigenvalue weighted by molar-refractivity contribution is -0.115. The first-order valence-electron chi connectivity index (χ1n) is 8.55. The van der Waals surface area contributed by atoms with Gasteiger partial charge in [0.2, 0.25) is 5.91 Å². The summed E-state index contributed by atoms with van der Waals surface area (Å²) in [5.41, 5.74) is 1.32. The van der Waals surface area contributed by atoms with Crippen LogP contribution in [0.15, 0.2) is 59.8 Å². The molecule has 11 heteroatoms. The molecule has 0 radical (unpaired) electrons. The van der Waals surface area contributed by atoms with Crippen molar-refractivity contribution in [3.63, 3.8) is 0 Å². The predicted octanol–water partition coefficient (Wildman–Crippen LogP) is 4.27. The predicted molar refractivity (Wildman–Crippen MR) is 107 cm³/mol. The summed E-state index contributed by atoms with van der Waals surface area (Å²) in [4.78, 5) is 12.3. The number of nitrogens with one attached hydrogen (secondary N) is 1. The van der Waals surface area contributed by atoms with E-state index in [2.05, 4.69) is 10.4 Å². The number of carbonyl (C=O) groups excluding carboxylic acids is 1. The molecule has 1 aromatic heterocycles. The van der Waals surface area contributed by atoms with Gasteiger partial charge in [-0.1, -0.05) is 35.9 Å². The van der Waals surface area contributed by atoms with Crippen LogP contribution in [0.1, 0.15) is 17.7 Å². The molecule has 1 unspecified atom stereocenters. The number of halogens is 3. The minimum atomic E-state index is -2.79. The van der Waals surface area contributed by atoms with Gasteiger partial charge in [-0.2, -0.15) is 13.9 Å². The Kier molecular flexibility index (Phi) is 7.14. The molecule has 1 heterocycles. The van der Waals surface area contributed by atoms with E-state index in [1.807, 2.05) is 0 Å². The molecular weight excluding hydrogens is 440 g/mol. The van der Waals surface area contributed by atoms with Crippen molar-refractivity contribution in [1.29, 1.82) is 0 Å². The number of rotatable bonds is 8. The first-order valence-corrected chi connectivity index (χ1v) is 10.0. The van der Waals surface area contributed by atoms with Crippen molar-refractivity contribution in [2.75, 3.05) is 5.32 Å². The molecule has 3 aromatic rings. The first kappa shape index (κ1) is 21.9. The number of nitrogens with zero attached hydrogens (tertiary/aromatic N) is 2. The summed E-state index contributed by atoms with van der Waals surface area (Å²) < 4.78 is 52.2. The monoisotopic (exact) mass is 455 g/mol. The number of alkyl halides is 2. The van der Waals surface area contributed by atoms with Gasteiger partial charge in [-0.25, -0.2) is 8.89 Å². The zero-order valence-electron chi connectivity index (χ0n) is 15.3. The van der Waals surface area contributed by atoms with E-state index < -0.39 is 17.6 Å². The highest BCUT2D eigenvalue weighted by molar-refractivity contribution is 7.79. The maximum absolute atomic E-state index is 12.6. The second-order valence-corrected chi connectivity index (χ2v) is 7.46. The second-order valence-electron chi connectivity index (χ2n) is 6.11. The molecule has 2 aromatic carbocycles. The fraction of sp³-hybridized carbons (Fsp3) is 0.158. The van der Waals surface area contributed by atoms with Crippen molar-refractivity contribution in [2.45, 2.75) is 24.5 Å². The van der Waals surface area contributed by atoms with Crippen LogP contribution in [-0.4, -0.2) is 24.4 Å². The third-order valence-electron chi connectivity index (χ3n) is 4.02. The van der Waals surface area contributed by atoms with Crippen molar-refractivity contribution in [2.24, 2.45) is 0 Å². The highest BCUT2D eigenvalue weighted by atomic mass is 35.5. The fourth-order valence-corrected chi connectivity index (χ4v) is 3.38. The normalized spacial score (nSPS) is 12.0. The summed E-state index contributed by atoms with van der Waals surface area (Å²) in [6, 6.07) is 11.3. The van der Waals surface area contributed by atoms with Gasteiger partial charge in [0, 0.05) is 16.3 Å². The van der Waals surface area contributed by atoms with Gasteiger partial charge in [0.25, 0.3) is 0 Å². The Balaban J connectivity index is 1.69. The summed E-state index contributed by atoms with van der Waals surface area (Å²) in [7, 11) is 0. The molecule has 0 spiro atoms. The molecule has 2 N–H and O–H groups in total. The van der Waals surface area contributed by atoms with Crippen molar-refractivity contribution < 1.29 is 27.1 Å². The number of hydrogen-bond donors (Lipinski definition) is 2.